The molecule has 2 atom stereocenters. The number of nitrogens with one attached hydrogen (secondary N) is 2. The first kappa shape index (κ1) is 17.4. The van der Waals surface area contributed by atoms with Crippen LogP contribution in [0.4, 0.5) is 4.39 Å². The predicted molar refractivity (Wildman–Crippen MR) is 90.9 cm³/mol. The predicted octanol–water partition coefficient (Wildman–Crippen LogP) is 3.54. The van der Waals surface area contributed by atoms with Gasteiger partial charge in [0, 0.05) is 17.5 Å². The Balaban J connectivity index is 2.34. The lowest BCUT2D eigenvalue weighted by atomic mass is 9.97. The van der Waals surface area contributed by atoms with E-state index in [1.165, 1.54) is 12.1 Å². The molecule has 2 rings (SSSR count). The highest BCUT2D eigenvalue weighted by atomic mass is 35.5. The van der Waals surface area contributed by atoms with Crippen LogP contribution in [-0.4, -0.2) is 19.5 Å². The Morgan fingerprint density at radius 1 is 1.17 bits per heavy atom. The van der Waals surface area contributed by atoms with E-state index < -0.39 is 6.04 Å². The molecule has 0 fully saturated rings. The minimum atomic E-state index is -0.420. The summed E-state index contributed by atoms with van der Waals surface area (Å²) in [5.74, 6) is -0.597. The summed E-state index contributed by atoms with van der Waals surface area (Å²) in [6, 6.07) is 13.0. The van der Waals surface area contributed by atoms with Crippen molar-refractivity contribution < 1.29 is 9.18 Å². The Morgan fingerprint density at radius 3 is 2.43 bits per heavy atom. The van der Waals surface area contributed by atoms with Crippen molar-refractivity contribution in [2.24, 2.45) is 5.92 Å². The van der Waals surface area contributed by atoms with Crippen LogP contribution >= 0.6 is 11.6 Å². The molecule has 0 radical (unpaired) electrons. The normalized spacial score (nSPS) is 13.4. The molecule has 2 aromatic rings. The van der Waals surface area contributed by atoms with Crippen LogP contribution in [0.3, 0.4) is 0 Å². The van der Waals surface area contributed by atoms with Crippen LogP contribution in [0.25, 0.3) is 0 Å². The quantitative estimate of drug-likeness (QED) is 0.848. The highest BCUT2D eigenvalue weighted by Crippen LogP contribution is 2.28. The maximum absolute atomic E-state index is 13.2. The minimum absolute atomic E-state index is 0.0893. The first-order chi connectivity index (χ1) is 11.0. The van der Waals surface area contributed by atoms with Crippen molar-refractivity contribution >= 4 is 17.5 Å². The second kappa shape index (κ2) is 8.09. The van der Waals surface area contributed by atoms with Crippen molar-refractivity contribution in [1.82, 2.24) is 10.6 Å². The van der Waals surface area contributed by atoms with Gasteiger partial charge < -0.3 is 10.6 Å². The lowest BCUT2D eigenvalue weighted by Crippen LogP contribution is -2.37. The number of halogens is 2. The van der Waals surface area contributed by atoms with Crippen LogP contribution in [0, 0.1) is 11.7 Å². The number of carbonyl (C=O) groups is 1. The van der Waals surface area contributed by atoms with Gasteiger partial charge in [0.15, 0.2) is 0 Å². The van der Waals surface area contributed by atoms with E-state index in [0.717, 1.165) is 11.1 Å². The molecule has 23 heavy (non-hydrogen) atoms. The molecule has 0 heterocycles. The molecule has 0 aliphatic carbocycles. The summed E-state index contributed by atoms with van der Waals surface area (Å²) < 4.78 is 13.2. The highest BCUT2D eigenvalue weighted by Gasteiger charge is 2.22. The van der Waals surface area contributed by atoms with Crippen LogP contribution in [0.2, 0.25) is 5.02 Å². The van der Waals surface area contributed by atoms with Gasteiger partial charge in [-0.25, -0.2) is 4.39 Å². The van der Waals surface area contributed by atoms with E-state index in [9.17, 15) is 9.18 Å². The van der Waals surface area contributed by atoms with Gasteiger partial charge in [-0.05, 0) is 36.4 Å². The summed E-state index contributed by atoms with van der Waals surface area (Å²) in [6.45, 7) is 2.42. The summed E-state index contributed by atoms with van der Waals surface area (Å²) in [6.07, 6.45) is 0. The highest BCUT2D eigenvalue weighted by molar-refractivity contribution is 6.31. The summed E-state index contributed by atoms with van der Waals surface area (Å²) in [5, 5.41) is 6.55. The van der Waals surface area contributed by atoms with Gasteiger partial charge in [-0.2, -0.15) is 0 Å². The number of carbonyl (C=O) groups excluding carboxylic acids is 1. The van der Waals surface area contributed by atoms with Crippen molar-refractivity contribution in [1.29, 1.82) is 0 Å². The fourth-order valence-electron chi connectivity index (χ4n) is 2.39. The van der Waals surface area contributed by atoms with Gasteiger partial charge in [-0.3, -0.25) is 4.79 Å². The molecule has 3 nitrogen and oxygen atoms in total. The molecule has 1 amide bonds. The average molecular weight is 335 g/mol. The molecule has 122 valence electrons. The van der Waals surface area contributed by atoms with Gasteiger partial charge in [0.2, 0.25) is 5.91 Å². The fourth-order valence-corrected chi connectivity index (χ4v) is 2.63. The molecule has 5 heteroatoms. The van der Waals surface area contributed by atoms with Crippen LogP contribution in [0.5, 0.6) is 0 Å². The lowest BCUT2D eigenvalue weighted by molar-refractivity contribution is -0.124. The van der Waals surface area contributed by atoms with Crippen molar-refractivity contribution in [2.75, 3.05) is 13.6 Å². The molecule has 0 aliphatic heterocycles. The van der Waals surface area contributed by atoms with E-state index in [1.807, 2.05) is 25.1 Å². The van der Waals surface area contributed by atoms with E-state index in [1.54, 1.807) is 25.2 Å². The molecular formula is C18H20ClFN2O. The van der Waals surface area contributed by atoms with Crippen LogP contribution in [0.1, 0.15) is 24.1 Å². The van der Waals surface area contributed by atoms with Gasteiger partial charge >= 0.3 is 0 Å². The largest absolute Gasteiger partial charge is 0.345 e. The number of amides is 1. The first-order valence-corrected chi connectivity index (χ1v) is 7.85. The molecule has 2 N–H and O–H groups in total. The Hall–Kier alpha value is -1.91. The van der Waals surface area contributed by atoms with Crippen LogP contribution in [0.15, 0.2) is 48.5 Å². The Labute approximate surface area is 140 Å². The van der Waals surface area contributed by atoms with Crippen molar-refractivity contribution in [3.8, 4) is 0 Å². The van der Waals surface area contributed by atoms with E-state index in [4.69, 9.17) is 11.6 Å². The Bertz CT molecular complexity index is 660. The van der Waals surface area contributed by atoms with Gasteiger partial charge in [0.1, 0.15) is 5.82 Å². The monoisotopic (exact) mass is 334 g/mol. The van der Waals surface area contributed by atoms with E-state index >= 15 is 0 Å². The minimum Gasteiger partial charge on any atom is -0.345 e. The maximum atomic E-state index is 13.2. The maximum Gasteiger partial charge on any atom is 0.224 e. The topological polar surface area (TPSA) is 41.1 Å². The third-order valence-corrected chi connectivity index (χ3v) is 4.01. The van der Waals surface area contributed by atoms with Crippen LogP contribution < -0.4 is 10.6 Å². The van der Waals surface area contributed by atoms with Gasteiger partial charge in [0.25, 0.3) is 0 Å². The molecule has 0 saturated carbocycles. The van der Waals surface area contributed by atoms with Crippen molar-refractivity contribution in [3.63, 3.8) is 0 Å². The van der Waals surface area contributed by atoms with Gasteiger partial charge in [-0.15, -0.1) is 0 Å². The van der Waals surface area contributed by atoms with Crippen molar-refractivity contribution in [3.05, 3.63) is 70.5 Å². The molecule has 2 unspecified atom stereocenters. The second-order valence-corrected chi connectivity index (χ2v) is 5.88. The Morgan fingerprint density at radius 2 is 1.83 bits per heavy atom. The lowest BCUT2D eigenvalue weighted by Gasteiger charge is -2.23. The zero-order valence-corrected chi connectivity index (χ0v) is 13.9. The number of benzene rings is 2. The standard InChI is InChI=1S/C18H20ClFN2O/c1-12(11-21-2)18(23)22-17(13-7-9-14(20)10-8-13)15-5-3-4-6-16(15)19/h3-10,12,17,21H,11H2,1-2H3,(H,22,23). The number of hydrogen-bond acceptors (Lipinski definition) is 2. The zero-order chi connectivity index (χ0) is 16.8. The third kappa shape index (κ3) is 4.53. The first-order valence-electron chi connectivity index (χ1n) is 7.47. The summed E-state index contributed by atoms with van der Waals surface area (Å²) >= 11 is 6.29. The number of hydrogen-bond donors (Lipinski definition) is 2. The number of rotatable bonds is 6. The molecule has 2 aromatic carbocycles. The summed E-state index contributed by atoms with van der Waals surface area (Å²) in [4.78, 5) is 12.4. The zero-order valence-electron chi connectivity index (χ0n) is 13.1. The van der Waals surface area contributed by atoms with E-state index in [0.29, 0.717) is 11.6 Å². The van der Waals surface area contributed by atoms with E-state index in [2.05, 4.69) is 10.6 Å². The van der Waals surface area contributed by atoms with Crippen molar-refractivity contribution in [2.45, 2.75) is 13.0 Å². The summed E-state index contributed by atoms with van der Waals surface area (Å²) in [7, 11) is 1.80. The average Bonchev–Trinajstić information content (AvgIpc) is 2.54. The molecule has 0 spiro atoms. The molecule has 0 saturated heterocycles. The molecule has 0 aliphatic rings. The molecule has 0 aromatic heterocycles. The van der Waals surface area contributed by atoms with E-state index in [-0.39, 0.29) is 17.6 Å². The SMILES string of the molecule is CNCC(C)C(=O)NC(c1ccc(F)cc1)c1ccccc1Cl. The Kier molecular flexibility index (Phi) is 6.13. The summed E-state index contributed by atoms with van der Waals surface area (Å²) in [5.41, 5.74) is 1.57. The smallest absolute Gasteiger partial charge is 0.224 e. The molecular weight excluding hydrogens is 315 g/mol. The van der Waals surface area contributed by atoms with Gasteiger partial charge in [-0.1, -0.05) is 48.9 Å². The fraction of sp³-hybridized carbons (Fsp3) is 0.278. The molecule has 0 bridgehead atoms. The third-order valence-electron chi connectivity index (χ3n) is 3.66. The van der Waals surface area contributed by atoms with Crippen LogP contribution in [-0.2, 0) is 4.79 Å². The van der Waals surface area contributed by atoms with Gasteiger partial charge in [0.05, 0.1) is 6.04 Å². The second-order valence-electron chi connectivity index (χ2n) is 5.47.